The Hall–Kier alpha value is 0.735. The summed E-state index contributed by atoms with van der Waals surface area (Å²) >= 11 is 0. The van der Waals surface area contributed by atoms with Crippen molar-refractivity contribution in [3.63, 3.8) is 0 Å². The van der Waals surface area contributed by atoms with E-state index < -0.39 is 70.3 Å². The van der Waals surface area contributed by atoms with Crippen LogP contribution in [0.4, 0.5) is 0 Å². The maximum absolute atomic E-state index is 7.21. The Kier molecular flexibility index (Phi) is 42.2. The van der Waals surface area contributed by atoms with Crippen molar-refractivity contribution in [3.05, 3.63) is 0 Å². The Labute approximate surface area is 597 Å². The van der Waals surface area contributed by atoms with Crippen molar-refractivity contribution < 1.29 is 102 Å². The van der Waals surface area contributed by atoms with Crippen LogP contribution < -0.4 is 0 Å². The fourth-order valence-corrected chi connectivity index (χ4v) is 35.2. The van der Waals surface area contributed by atoms with Gasteiger partial charge in [-0.05, 0) is 163 Å². The van der Waals surface area contributed by atoms with E-state index in [-0.39, 0.29) is 12.1 Å². The van der Waals surface area contributed by atoms with E-state index in [1.165, 1.54) is 0 Å². The van der Waals surface area contributed by atoms with Crippen LogP contribution in [0.2, 0.25) is 48.4 Å². The second-order valence-corrected chi connectivity index (χ2v) is 52.3. The highest BCUT2D eigenvalue weighted by Crippen LogP contribution is 2.52. The van der Waals surface area contributed by atoms with Crippen LogP contribution in [0.15, 0.2) is 0 Å². The van der Waals surface area contributed by atoms with Gasteiger partial charge in [-0.3, -0.25) is 9.13 Å². The molecule has 2 heterocycles. The van der Waals surface area contributed by atoms with Gasteiger partial charge in [0.1, 0.15) is 0 Å². The molecule has 2 aliphatic heterocycles. The van der Waals surface area contributed by atoms with E-state index in [1.807, 2.05) is 28.4 Å². The number of rotatable bonds is 56. The molecule has 4 rings (SSSR count). The Morgan fingerprint density at radius 2 is 0.505 bits per heavy atom. The molecule has 4 fully saturated rings. The maximum Gasteiger partial charge on any atom is 0.500 e. The summed E-state index contributed by atoms with van der Waals surface area (Å²) in [7, 11) is 15.7. The molecule has 0 amide bonds. The van der Waals surface area contributed by atoms with Crippen molar-refractivity contribution in [2.75, 3.05) is 183 Å². The second kappa shape index (κ2) is 45.4. The minimum atomic E-state index is -2.85. The molecule has 25 nitrogen and oxygen atoms in total. The first kappa shape index (κ1) is 90.1. The van der Waals surface area contributed by atoms with Crippen molar-refractivity contribution >= 4 is 70.3 Å². The molecule has 33 heteroatoms. The van der Waals surface area contributed by atoms with E-state index in [2.05, 4.69) is 9.13 Å². The van der Waals surface area contributed by atoms with Crippen LogP contribution in [0.25, 0.3) is 0 Å². The fourth-order valence-electron chi connectivity index (χ4n) is 18.1. The monoisotopic (exact) mass is 1530 g/mol. The lowest BCUT2D eigenvalue weighted by Gasteiger charge is -2.49. The zero-order valence-electron chi connectivity index (χ0n) is 64.7. The molecule has 2 saturated heterocycles. The van der Waals surface area contributed by atoms with Gasteiger partial charge in [0.15, 0.2) is 0 Å². The summed E-state index contributed by atoms with van der Waals surface area (Å²) in [6.07, 6.45) is 19.6. The van der Waals surface area contributed by atoms with Gasteiger partial charge in [-0.15, -0.1) is 0 Å². The summed E-state index contributed by atoms with van der Waals surface area (Å²) < 4.78 is 147. The van der Waals surface area contributed by atoms with Gasteiger partial charge in [0.2, 0.25) is 0 Å². The normalized spacial score (nSPS) is 24.8. The fraction of sp³-hybridized carbons (Fsp3) is 1.00. The van der Waals surface area contributed by atoms with Crippen LogP contribution in [0.3, 0.4) is 0 Å². The Bertz CT molecular complexity index is 1800. The van der Waals surface area contributed by atoms with E-state index >= 15 is 0 Å². The molecule has 4 aliphatic rings. The maximum atomic E-state index is 7.21. The Morgan fingerprint density at radius 1 is 0.299 bits per heavy atom. The standard InChI is InChI=1S/C64H140N2O23Si8/c1-67-90(68-2)43-29-39-65(90)63(59-51-55(31-23-45-92(71-5,72-6)73-7)61(35-27-49-96(83-17,84-18)85-19)56(52-59)32-24-46-93(74-8,75-9)76-10)37-41-89-42-38-64(66-40-30-44-91(66,69-3)70-4)60-53-57(33-25-47-94(77-11,78-12)79-13)62(36-28-50-97(86-20,87-21)88-22)58(54-60)34-26-48-95(80-14,81-15)82-16/h55-64H,23-54H2,1-22H3. The molecular formula is C64H140N2O23Si8. The van der Waals surface area contributed by atoms with Gasteiger partial charge in [-0.25, -0.2) is 0 Å². The number of ether oxygens (including phenoxy) is 1. The predicted octanol–water partition coefficient (Wildman–Crippen LogP) is 10.9. The zero-order valence-corrected chi connectivity index (χ0v) is 72.7. The van der Waals surface area contributed by atoms with Crippen molar-refractivity contribution in [3.8, 4) is 0 Å². The third kappa shape index (κ3) is 23.9. The van der Waals surface area contributed by atoms with Gasteiger partial charge >= 0.3 is 70.3 Å². The van der Waals surface area contributed by atoms with Crippen molar-refractivity contribution in [1.29, 1.82) is 0 Å². The minimum Gasteiger partial charge on any atom is -0.386 e. The number of hydrogen-bond acceptors (Lipinski definition) is 25. The molecule has 0 N–H and O–H groups in total. The molecule has 2 aliphatic carbocycles. The summed E-state index contributed by atoms with van der Waals surface area (Å²) in [5.41, 5.74) is 0. The topological polar surface area (TPSA) is 219 Å². The summed E-state index contributed by atoms with van der Waals surface area (Å²) in [5.74, 6) is 3.09. The number of nitrogens with zero attached hydrogens (tertiary/aromatic N) is 2. The van der Waals surface area contributed by atoms with Crippen LogP contribution in [0.5, 0.6) is 0 Å². The summed E-state index contributed by atoms with van der Waals surface area (Å²) in [5, 5.41) is 0. The quantitative estimate of drug-likeness (QED) is 0.0408. The average Bonchev–Trinajstić information content (AvgIpc) is 1.72. The van der Waals surface area contributed by atoms with E-state index in [4.69, 9.17) is 102 Å². The van der Waals surface area contributed by atoms with Gasteiger partial charge < -0.3 is 102 Å². The van der Waals surface area contributed by atoms with Crippen molar-refractivity contribution in [2.45, 2.75) is 189 Å². The van der Waals surface area contributed by atoms with Gasteiger partial charge in [0.25, 0.3) is 0 Å². The first-order valence-electron chi connectivity index (χ1n) is 36.0. The predicted molar refractivity (Wildman–Crippen MR) is 391 cm³/mol. The first-order valence-corrected chi connectivity index (χ1v) is 51.5. The van der Waals surface area contributed by atoms with Crippen LogP contribution in [-0.2, 0) is 102 Å². The van der Waals surface area contributed by atoms with Crippen LogP contribution >= 0.6 is 0 Å². The largest absolute Gasteiger partial charge is 0.500 e. The average molecular weight is 1530 g/mol. The van der Waals surface area contributed by atoms with Crippen LogP contribution in [-0.4, -0.2) is 274 Å². The van der Waals surface area contributed by atoms with Gasteiger partial charge in [-0.2, -0.15) is 0 Å². The molecule has 97 heavy (non-hydrogen) atoms. The molecule has 0 aromatic rings. The zero-order chi connectivity index (χ0) is 71.8. The van der Waals surface area contributed by atoms with Gasteiger partial charge in [-0.1, -0.05) is 25.7 Å². The lowest BCUT2D eigenvalue weighted by Crippen LogP contribution is -2.60. The summed E-state index contributed by atoms with van der Waals surface area (Å²) in [6, 6.07) is 6.58. The lowest BCUT2D eigenvalue weighted by atomic mass is 9.62. The van der Waals surface area contributed by atoms with Crippen LogP contribution in [0, 0.1) is 47.3 Å². The Morgan fingerprint density at radius 3 is 0.701 bits per heavy atom. The van der Waals surface area contributed by atoms with Crippen molar-refractivity contribution in [2.24, 2.45) is 47.3 Å². The van der Waals surface area contributed by atoms with E-state index in [1.54, 1.807) is 128 Å². The molecule has 0 aromatic heterocycles. The molecule has 0 aromatic carbocycles. The van der Waals surface area contributed by atoms with Gasteiger partial charge in [0.05, 0.1) is 0 Å². The molecule has 6 unspecified atom stereocenters. The first-order chi connectivity index (χ1) is 46.8. The smallest absolute Gasteiger partial charge is 0.386 e. The van der Waals surface area contributed by atoms with E-state index in [0.717, 1.165) is 190 Å². The minimum absolute atomic E-state index is 0.163. The highest BCUT2D eigenvalue weighted by Gasteiger charge is 2.56. The Balaban J connectivity index is 1.81. The highest BCUT2D eigenvalue weighted by molar-refractivity contribution is 6.66. The lowest BCUT2D eigenvalue weighted by molar-refractivity contribution is 0.00901. The van der Waals surface area contributed by atoms with E-state index in [9.17, 15) is 0 Å². The molecule has 0 spiro atoms. The molecular weight excluding hydrogens is 1390 g/mol. The van der Waals surface area contributed by atoms with Gasteiger partial charge in [0, 0.05) is 230 Å². The third-order valence-corrected chi connectivity index (χ3v) is 48.0. The van der Waals surface area contributed by atoms with Crippen LogP contribution in [0.1, 0.15) is 128 Å². The SMILES string of the molecule is CO[Si](CCCC1CC(C(CCOCCC(C2CC(CCC[Si](OC)(OC)OC)C(CCC[Si](OC)(OC)OC)C(CCC[Si](OC)(OC)OC)C2)N2CCC[Si]2(OC)OC)N2CCC[Si]2(OC)OC)CC(CCC[Si](OC)(OC)OC)C1CCC[Si](OC)(OC)OC)(OC)OC. The summed E-state index contributed by atoms with van der Waals surface area (Å²) in [4.78, 5) is 0. The number of hydrogen-bond donors (Lipinski definition) is 0. The molecule has 576 valence electrons. The molecule has 6 atom stereocenters. The van der Waals surface area contributed by atoms with E-state index in [0.29, 0.717) is 60.6 Å². The molecule has 0 radical (unpaired) electrons. The highest BCUT2D eigenvalue weighted by atomic mass is 28.4. The molecule has 2 saturated carbocycles. The summed E-state index contributed by atoms with van der Waals surface area (Å²) in [6.45, 7) is 3.05. The molecule has 0 bridgehead atoms. The van der Waals surface area contributed by atoms with Crippen molar-refractivity contribution in [1.82, 2.24) is 9.13 Å². The third-order valence-electron chi connectivity index (χ3n) is 23.7. The second-order valence-electron chi connectivity index (χ2n) is 27.1.